The van der Waals surface area contributed by atoms with Crippen molar-refractivity contribution in [3.05, 3.63) is 54.5 Å². The minimum Gasteiger partial charge on any atom is -0.461 e. The summed E-state index contributed by atoms with van der Waals surface area (Å²) < 4.78 is 57.5. The van der Waals surface area contributed by atoms with Crippen LogP contribution in [0.5, 0.6) is 5.75 Å². The Morgan fingerprint density at radius 1 is 1.02 bits per heavy atom. The smallest absolute Gasteiger partial charge is 0.459 e. The molecule has 4 heterocycles. The van der Waals surface area contributed by atoms with Gasteiger partial charge >= 0.3 is 25.7 Å². The van der Waals surface area contributed by atoms with E-state index in [9.17, 15) is 24.2 Å². The van der Waals surface area contributed by atoms with Gasteiger partial charge in [-0.05, 0) is 38.1 Å². The molecule has 2 fully saturated rings. The molecule has 0 saturated carbocycles. The first-order valence-electron chi connectivity index (χ1n) is 18.7. The number of nitriles is 1. The number of benzene rings is 1. The van der Waals surface area contributed by atoms with Crippen LogP contribution in [0.15, 0.2) is 53.8 Å². The molecule has 19 heteroatoms. The number of nitrogens with one attached hydrogen (secondary N) is 1. The number of hydrogen-bond acceptors (Lipinski definition) is 15. The summed E-state index contributed by atoms with van der Waals surface area (Å²) in [7, 11) is -0.932. The van der Waals surface area contributed by atoms with Gasteiger partial charge in [-0.25, -0.2) is 19.1 Å². The SMILES string of the molecule is C/C(=N\c1ncnn2c([C@@H]3O[C@](C#N)(COP(=O)(N[C@@H](C)C(=O)OC4CCOCC4)Oc4ccccc4)[C@@H](OC(=O)C(C)C)[C@H]3OC(=O)C(C)C)ccc12)N(C)C. The third kappa shape index (κ3) is 10.3. The van der Waals surface area contributed by atoms with Crippen LogP contribution in [-0.2, 0) is 47.2 Å². The molecule has 2 saturated heterocycles. The third-order valence-electron chi connectivity index (χ3n) is 9.26. The van der Waals surface area contributed by atoms with E-state index in [1.807, 2.05) is 25.9 Å². The van der Waals surface area contributed by atoms with Crippen molar-refractivity contribution in [1.29, 1.82) is 5.26 Å². The van der Waals surface area contributed by atoms with Crippen molar-refractivity contribution >= 4 is 42.8 Å². The number of aromatic nitrogens is 3. The second-order valence-corrected chi connectivity index (χ2v) is 16.3. The van der Waals surface area contributed by atoms with E-state index >= 15 is 0 Å². The summed E-state index contributed by atoms with van der Waals surface area (Å²) in [5, 5.41) is 18.0. The Labute approximate surface area is 331 Å². The second-order valence-electron chi connectivity index (χ2n) is 14.6. The average molecular weight is 812 g/mol. The Bertz CT molecular complexity index is 2010. The maximum absolute atomic E-state index is 14.7. The molecule has 0 amide bonds. The van der Waals surface area contributed by atoms with Crippen LogP contribution < -0.4 is 9.61 Å². The predicted octanol–water partition coefficient (Wildman–Crippen LogP) is 4.71. The summed E-state index contributed by atoms with van der Waals surface area (Å²) in [4.78, 5) is 50.6. The van der Waals surface area contributed by atoms with Crippen LogP contribution in [0.25, 0.3) is 5.52 Å². The first-order chi connectivity index (χ1) is 27.1. The molecule has 5 rings (SSSR count). The number of amidine groups is 1. The molecule has 0 bridgehead atoms. The highest BCUT2D eigenvalue weighted by Gasteiger charge is 2.62. The zero-order chi connectivity index (χ0) is 41.5. The molecule has 0 radical (unpaired) electrons. The first kappa shape index (κ1) is 43.2. The van der Waals surface area contributed by atoms with E-state index in [1.165, 1.54) is 29.9 Å². The minimum atomic E-state index is -4.60. The molecule has 2 aliphatic rings. The summed E-state index contributed by atoms with van der Waals surface area (Å²) in [5.41, 5.74) is -1.53. The summed E-state index contributed by atoms with van der Waals surface area (Å²) >= 11 is 0. The number of aliphatic imine (C=N–C) groups is 1. The average Bonchev–Trinajstić information content (AvgIpc) is 3.74. The van der Waals surface area contributed by atoms with Crippen LogP contribution in [0.3, 0.4) is 0 Å². The van der Waals surface area contributed by atoms with Crippen LogP contribution in [0, 0.1) is 23.2 Å². The van der Waals surface area contributed by atoms with Gasteiger partial charge in [0.25, 0.3) is 0 Å². The van der Waals surface area contributed by atoms with Crippen molar-refractivity contribution < 1.29 is 51.7 Å². The summed E-state index contributed by atoms with van der Waals surface area (Å²) in [6.45, 7) is 9.68. The Morgan fingerprint density at radius 2 is 1.68 bits per heavy atom. The van der Waals surface area contributed by atoms with Gasteiger partial charge in [0, 0.05) is 26.9 Å². The van der Waals surface area contributed by atoms with Gasteiger partial charge < -0.3 is 33.1 Å². The van der Waals surface area contributed by atoms with Crippen LogP contribution in [0.4, 0.5) is 5.82 Å². The normalized spacial score (nSPS) is 23.1. The van der Waals surface area contributed by atoms with Crippen molar-refractivity contribution in [2.75, 3.05) is 33.9 Å². The van der Waals surface area contributed by atoms with Gasteiger partial charge in [0.2, 0.25) is 5.60 Å². The maximum atomic E-state index is 14.7. The van der Waals surface area contributed by atoms with Gasteiger partial charge in [0.15, 0.2) is 18.0 Å². The monoisotopic (exact) mass is 811 g/mol. The molecule has 2 aliphatic heterocycles. The lowest BCUT2D eigenvalue weighted by Crippen LogP contribution is -2.50. The third-order valence-corrected chi connectivity index (χ3v) is 10.9. The number of nitrogens with zero attached hydrogens (tertiary/aromatic N) is 6. The lowest BCUT2D eigenvalue weighted by molar-refractivity contribution is -0.173. The highest BCUT2D eigenvalue weighted by atomic mass is 31.2. The molecule has 308 valence electrons. The van der Waals surface area contributed by atoms with E-state index < -0.39 is 80.2 Å². The Kier molecular flexibility index (Phi) is 14.1. The predicted molar refractivity (Wildman–Crippen MR) is 204 cm³/mol. The lowest BCUT2D eigenvalue weighted by atomic mass is 9.95. The van der Waals surface area contributed by atoms with Gasteiger partial charge in [-0.2, -0.15) is 15.4 Å². The molecular weight excluding hydrogens is 761 g/mol. The highest BCUT2D eigenvalue weighted by Crippen LogP contribution is 2.50. The highest BCUT2D eigenvalue weighted by molar-refractivity contribution is 7.52. The van der Waals surface area contributed by atoms with Crippen LogP contribution in [0.1, 0.15) is 66.2 Å². The number of rotatable bonds is 15. The van der Waals surface area contributed by atoms with Gasteiger partial charge in [-0.1, -0.05) is 45.9 Å². The van der Waals surface area contributed by atoms with Gasteiger partial charge in [0.05, 0.1) is 30.7 Å². The number of para-hydroxylation sites is 1. The van der Waals surface area contributed by atoms with E-state index in [-0.39, 0.29) is 5.75 Å². The fourth-order valence-electron chi connectivity index (χ4n) is 5.81. The topological polar surface area (TPSA) is 214 Å². The van der Waals surface area contributed by atoms with Crippen molar-refractivity contribution in [3.63, 3.8) is 0 Å². The largest absolute Gasteiger partial charge is 0.461 e. The fourth-order valence-corrected chi connectivity index (χ4v) is 7.33. The second kappa shape index (κ2) is 18.6. The Balaban J connectivity index is 1.56. The summed E-state index contributed by atoms with van der Waals surface area (Å²) in [6.07, 6.45) is -2.48. The lowest BCUT2D eigenvalue weighted by Gasteiger charge is -2.31. The molecule has 1 unspecified atom stereocenters. The Morgan fingerprint density at radius 3 is 2.32 bits per heavy atom. The van der Waals surface area contributed by atoms with Crippen LogP contribution in [0.2, 0.25) is 0 Å². The fraction of sp³-hybridized carbons (Fsp3) is 0.553. The van der Waals surface area contributed by atoms with Crippen molar-refractivity contribution in [2.45, 2.75) is 90.4 Å². The van der Waals surface area contributed by atoms with Crippen molar-refractivity contribution in [2.24, 2.45) is 16.8 Å². The number of esters is 3. The molecule has 1 N–H and O–H groups in total. The van der Waals surface area contributed by atoms with Crippen LogP contribution in [-0.4, -0.2) is 107 Å². The van der Waals surface area contributed by atoms with E-state index in [0.717, 1.165) is 0 Å². The van der Waals surface area contributed by atoms with E-state index in [2.05, 4.69) is 26.2 Å². The zero-order valence-electron chi connectivity index (χ0n) is 33.3. The standard InChI is InChI=1S/C38H50N7O11P/c1-23(2)35(46)53-32-31(29-14-15-30-34(40-22-41-45(29)30)42-26(6)44(7)8)55-38(20-39,33(32)54-36(47)24(3)4)21-51-57(49,56-28-12-10-9-11-13-28)43-25(5)37(48)52-27-16-18-50-19-17-27/h9-15,22-25,27,31-33H,16-19,21H2,1-8H3,(H,43,49)/b42-26+/t25-,31-,32-,33-,38+,57?/m0/s1. The number of fused-ring (bicyclic) bond motifs is 1. The molecule has 0 spiro atoms. The van der Waals surface area contributed by atoms with E-state index in [4.69, 9.17) is 32.7 Å². The molecule has 57 heavy (non-hydrogen) atoms. The molecule has 2 aromatic heterocycles. The number of carbonyl (C=O) groups excluding carboxylic acids is 3. The minimum absolute atomic E-state index is 0.114. The zero-order valence-corrected chi connectivity index (χ0v) is 34.2. The van der Waals surface area contributed by atoms with Crippen LogP contribution >= 0.6 is 7.75 Å². The Hall–Kier alpha value is -4.92. The molecule has 18 nitrogen and oxygen atoms in total. The van der Waals surface area contributed by atoms with Gasteiger partial charge in [-0.3, -0.25) is 18.9 Å². The summed E-state index contributed by atoms with van der Waals surface area (Å²) in [5.74, 6) is -2.35. The number of hydrogen-bond donors (Lipinski definition) is 1. The first-order valence-corrected chi connectivity index (χ1v) is 20.2. The quantitative estimate of drug-likeness (QED) is 0.0723. The summed E-state index contributed by atoms with van der Waals surface area (Å²) in [6, 6.07) is 12.2. The molecule has 6 atom stereocenters. The van der Waals surface area contributed by atoms with Crippen molar-refractivity contribution in [1.82, 2.24) is 24.6 Å². The van der Waals surface area contributed by atoms with E-state index in [1.54, 1.807) is 58.0 Å². The van der Waals surface area contributed by atoms with Gasteiger partial charge in [0.1, 0.15) is 54.4 Å². The molecule has 3 aromatic rings. The molecular formula is C38H50N7O11P. The number of carbonyl (C=O) groups is 3. The van der Waals surface area contributed by atoms with E-state index in [0.29, 0.717) is 48.9 Å². The van der Waals surface area contributed by atoms with Crippen molar-refractivity contribution in [3.8, 4) is 11.8 Å². The molecule has 0 aliphatic carbocycles. The maximum Gasteiger partial charge on any atom is 0.459 e. The number of ether oxygens (including phenoxy) is 5. The van der Waals surface area contributed by atoms with Gasteiger partial charge in [-0.15, -0.1) is 0 Å². The molecule has 1 aromatic carbocycles.